The van der Waals surface area contributed by atoms with Gasteiger partial charge >= 0.3 is 0 Å². The molecule has 2 N–H and O–H groups in total. The van der Waals surface area contributed by atoms with E-state index in [0.717, 1.165) is 56.0 Å². The van der Waals surface area contributed by atoms with Gasteiger partial charge in [0.1, 0.15) is 23.1 Å². The highest BCUT2D eigenvalue weighted by atomic mass is 19.1. The third-order valence-corrected chi connectivity index (χ3v) is 8.09. The molecular formula is C30H35FN8O2. The van der Waals surface area contributed by atoms with Crippen LogP contribution in [0, 0.1) is 12.7 Å². The third-order valence-electron chi connectivity index (χ3n) is 8.09. The van der Waals surface area contributed by atoms with Crippen molar-refractivity contribution in [2.24, 2.45) is 0 Å². The molecule has 3 aromatic heterocycles. The highest BCUT2D eigenvalue weighted by molar-refractivity contribution is 5.80. The third kappa shape index (κ3) is 5.92. The van der Waals surface area contributed by atoms with E-state index in [4.69, 9.17) is 0 Å². The van der Waals surface area contributed by atoms with Crippen molar-refractivity contribution in [1.82, 2.24) is 34.3 Å². The van der Waals surface area contributed by atoms with Crippen LogP contribution in [0.1, 0.15) is 23.6 Å². The van der Waals surface area contributed by atoms with E-state index >= 15 is 4.39 Å². The Bertz CT molecular complexity index is 1640. The second-order valence-corrected chi connectivity index (χ2v) is 11.1. The molecule has 2 aliphatic heterocycles. The van der Waals surface area contributed by atoms with Crippen molar-refractivity contribution in [2.75, 3.05) is 58.2 Å². The van der Waals surface area contributed by atoms with Gasteiger partial charge in [-0.3, -0.25) is 23.6 Å². The Kier molecular flexibility index (Phi) is 7.65. The number of piperazine rings is 1. The number of anilines is 2. The monoisotopic (exact) mass is 558 g/mol. The van der Waals surface area contributed by atoms with Gasteiger partial charge in [-0.1, -0.05) is 6.07 Å². The minimum atomic E-state index is -0.454. The fraction of sp³-hybridized carbons (Fsp3) is 0.400. The summed E-state index contributed by atoms with van der Waals surface area (Å²) in [5, 5.41) is 10.7. The minimum absolute atomic E-state index is 0.168. The Morgan fingerprint density at radius 1 is 1.10 bits per heavy atom. The van der Waals surface area contributed by atoms with E-state index in [0.29, 0.717) is 42.5 Å². The number of pyridine rings is 1. The molecule has 0 atom stereocenters. The number of nitrogens with one attached hydrogen (secondary N) is 2. The second kappa shape index (κ2) is 11.5. The van der Waals surface area contributed by atoms with Crippen LogP contribution in [0.3, 0.4) is 0 Å². The van der Waals surface area contributed by atoms with Crippen molar-refractivity contribution in [3.63, 3.8) is 0 Å². The lowest BCUT2D eigenvalue weighted by Gasteiger charge is -2.31. The number of rotatable bonds is 9. The predicted octanol–water partition coefficient (Wildman–Crippen LogP) is 2.64. The summed E-state index contributed by atoms with van der Waals surface area (Å²) in [4.78, 5) is 34.8. The lowest BCUT2D eigenvalue weighted by molar-refractivity contribution is -0.120. The van der Waals surface area contributed by atoms with Crippen LogP contribution in [0.2, 0.25) is 0 Å². The lowest BCUT2D eigenvalue weighted by Crippen LogP contribution is -2.46. The molecule has 214 valence electrons. The van der Waals surface area contributed by atoms with Gasteiger partial charge in [-0.05, 0) is 50.2 Å². The molecule has 0 saturated carbocycles. The fourth-order valence-corrected chi connectivity index (χ4v) is 5.23. The van der Waals surface area contributed by atoms with Gasteiger partial charge in [0.25, 0.3) is 5.56 Å². The lowest BCUT2D eigenvalue weighted by atomic mass is 10.1. The SMILES string of the molecule is Cc1c(Nc2ccc(CCC(=O)CN3CCN(C)CC3)cc2F)nc2ccc(-c3cnn(C4CNC4)c3)cn2c1=O. The Morgan fingerprint density at radius 3 is 2.63 bits per heavy atom. The number of halogens is 1. The van der Waals surface area contributed by atoms with Crippen molar-refractivity contribution >= 4 is 22.9 Å². The maximum absolute atomic E-state index is 15.1. The molecule has 6 rings (SSSR count). The van der Waals surface area contributed by atoms with E-state index in [1.807, 2.05) is 23.0 Å². The average molecular weight is 559 g/mol. The summed E-state index contributed by atoms with van der Waals surface area (Å²) in [6, 6.07) is 8.93. The topological polar surface area (TPSA) is 99.8 Å². The van der Waals surface area contributed by atoms with Gasteiger partial charge in [0.05, 0.1) is 30.0 Å². The number of likely N-dealkylation sites (N-methyl/N-ethyl adjacent to an activating group) is 1. The second-order valence-electron chi connectivity index (χ2n) is 11.1. The molecule has 41 heavy (non-hydrogen) atoms. The molecule has 2 fully saturated rings. The van der Waals surface area contributed by atoms with Crippen molar-refractivity contribution in [3.05, 3.63) is 76.2 Å². The summed E-state index contributed by atoms with van der Waals surface area (Å²) in [6.45, 7) is 7.66. The molecule has 2 aliphatic rings. The molecule has 4 aromatic rings. The van der Waals surface area contributed by atoms with Crippen LogP contribution < -0.4 is 16.2 Å². The summed E-state index contributed by atoms with van der Waals surface area (Å²) in [5.41, 5.74) is 3.38. The first-order valence-corrected chi connectivity index (χ1v) is 14.1. The number of Topliss-reactive ketones (excluding diaryl/α,β-unsaturated/α-hetero) is 1. The van der Waals surface area contributed by atoms with E-state index in [9.17, 15) is 9.59 Å². The van der Waals surface area contributed by atoms with Crippen LogP contribution in [0.25, 0.3) is 16.8 Å². The summed E-state index contributed by atoms with van der Waals surface area (Å²) in [6.07, 6.45) is 6.42. The van der Waals surface area contributed by atoms with Gasteiger partial charge in [-0.15, -0.1) is 0 Å². The number of fused-ring (bicyclic) bond motifs is 1. The van der Waals surface area contributed by atoms with Gasteiger partial charge < -0.3 is 15.5 Å². The van der Waals surface area contributed by atoms with Gasteiger partial charge in [0.2, 0.25) is 0 Å². The van der Waals surface area contributed by atoms with E-state index in [1.54, 1.807) is 31.5 Å². The Balaban J connectivity index is 1.13. The number of benzene rings is 1. The van der Waals surface area contributed by atoms with Gasteiger partial charge in [0.15, 0.2) is 0 Å². The van der Waals surface area contributed by atoms with Crippen LogP contribution in [0.5, 0.6) is 0 Å². The number of hydrogen-bond acceptors (Lipinski definition) is 8. The zero-order valence-corrected chi connectivity index (χ0v) is 23.4. The minimum Gasteiger partial charge on any atom is -0.337 e. The highest BCUT2D eigenvalue weighted by Gasteiger charge is 2.20. The summed E-state index contributed by atoms with van der Waals surface area (Å²) >= 11 is 0. The van der Waals surface area contributed by atoms with Crippen molar-refractivity contribution in [3.8, 4) is 11.1 Å². The number of carbonyl (C=O) groups is 1. The number of carbonyl (C=O) groups excluding carboxylic acids is 1. The van der Waals surface area contributed by atoms with E-state index in [2.05, 4.69) is 37.6 Å². The normalized spacial score (nSPS) is 16.7. The first kappa shape index (κ1) is 27.3. The Hall–Kier alpha value is -3.93. The maximum atomic E-state index is 15.1. The molecular weight excluding hydrogens is 523 g/mol. The standard InChI is InChI=1S/C30H35FN8O2/c1-20-29(34-27-7-4-21(13-26(27)31)3-6-25(40)19-37-11-9-36(2)10-12-37)35-28-8-5-22(17-38(28)30(20)41)23-14-33-39(18-23)24-15-32-16-24/h4-5,7-8,13-14,17-18,24,32,34H,3,6,9-12,15-16,19H2,1-2H3. The molecule has 0 bridgehead atoms. The molecule has 0 spiro atoms. The maximum Gasteiger partial charge on any atom is 0.262 e. The highest BCUT2D eigenvalue weighted by Crippen LogP contribution is 2.24. The zero-order chi connectivity index (χ0) is 28.5. The molecule has 0 amide bonds. The van der Waals surface area contributed by atoms with E-state index < -0.39 is 5.82 Å². The molecule has 1 aromatic carbocycles. The van der Waals surface area contributed by atoms with Crippen molar-refractivity contribution < 1.29 is 9.18 Å². The van der Waals surface area contributed by atoms with Crippen molar-refractivity contribution in [1.29, 1.82) is 0 Å². The summed E-state index contributed by atoms with van der Waals surface area (Å²) < 4.78 is 18.5. The molecule has 0 unspecified atom stereocenters. The van der Waals surface area contributed by atoms with E-state index in [-0.39, 0.29) is 17.0 Å². The fourth-order valence-electron chi connectivity index (χ4n) is 5.23. The number of aryl methyl sites for hydroxylation is 1. The Labute approximate surface area is 237 Å². The first-order valence-electron chi connectivity index (χ1n) is 14.1. The smallest absolute Gasteiger partial charge is 0.262 e. The number of aromatic nitrogens is 4. The summed E-state index contributed by atoms with van der Waals surface area (Å²) in [5.74, 6) is 0.0211. The molecule has 0 aliphatic carbocycles. The van der Waals surface area contributed by atoms with Crippen LogP contribution in [0.4, 0.5) is 15.9 Å². The molecule has 0 radical (unpaired) electrons. The summed E-state index contributed by atoms with van der Waals surface area (Å²) in [7, 11) is 2.09. The zero-order valence-electron chi connectivity index (χ0n) is 23.4. The van der Waals surface area contributed by atoms with Crippen molar-refractivity contribution in [2.45, 2.75) is 25.8 Å². The Morgan fingerprint density at radius 2 is 1.90 bits per heavy atom. The first-order chi connectivity index (χ1) is 19.8. The van der Waals surface area contributed by atoms with E-state index in [1.165, 1.54) is 10.5 Å². The van der Waals surface area contributed by atoms with Gasteiger partial charge in [-0.25, -0.2) is 9.37 Å². The van der Waals surface area contributed by atoms with Crippen LogP contribution >= 0.6 is 0 Å². The van der Waals surface area contributed by atoms with Crippen LogP contribution in [-0.2, 0) is 11.2 Å². The molecule has 2 saturated heterocycles. The number of ketones is 1. The van der Waals surface area contributed by atoms with Gasteiger partial charge in [0, 0.05) is 69.2 Å². The molecule has 5 heterocycles. The average Bonchev–Trinajstić information content (AvgIpc) is 3.41. The quantitative estimate of drug-likeness (QED) is 0.324. The predicted molar refractivity (Wildman–Crippen MR) is 156 cm³/mol. The number of hydrogen-bond donors (Lipinski definition) is 2. The molecule has 10 nitrogen and oxygen atoms in total. The van der Waals surface area contributed by atoms with Crippen LogP contribution in [0.15, 0.2) is 53.7 Å². The van der Waals surface area contributed by atoms with Gasteiger partial charge in [-0.2, -0.15) is 5.10 Å². The number of nitrogens with zero attached hydrogens (tertiary/aromatic N) is 6. The molecule has 11 heteroatoms. The van der Waals surface area contributed by atoms with Crippen LogP contribution in [-0.4, -0.2) is 87.6 Å². The largest absolute Gasteiger partial charge is 0.337 e.